The maximum atomic E-state index is 5.36. The lowest BCUT2D eigenvalue weighted by Crippen LogP contribution is -1.95. The molecule has 136 valence electrons. The highest BCUT2D eigenvalue weighted by atomic mass is 16.5. The molecule has 5 aromatic rings. The van der Waals surface area contributed by atoms with Crippen LogP contribution < -0.4 is 4.74 Å². The topological polar surface area (TPSA) is 52.3 Å². The second-order valence-electron chi connectivity index (χ2n) is 6.72. The average molecular weight is 366 g/mol. The molecule has 5 nitrogen and oxygen atoms in total. The largest absolute Gasteiger partial charge is 0.497 e. The Hall–Kier alpha value is -3.73. The first-order valence-corrected chi connectivity index (χ1v) is 9.09. The van der Waals surface area contributed by atoms with Crippen molar-refractivity contribution in [2.24, 2.45) is 0 Å². The SMILES string of the molecule is COc1cccc(-c2nc(-c3ccc(C)cc3)c3c(n2)nn2ccccc32)c1. The quantitative estimate of drug-likeness (QED) is 0.454. The van der Waals surface area contributed by atoms with E-state index in [-0.39, 0.29) is 0 Å². The number of hydrogen-bond acceptors (Lipinski definition) is 4. The van der Waals surface area contributed by atoms with E-state index in [0.717, 1.165) is 33.5 Å². The van der Waals surface area contributed by atoms with Crippen LogP contribution in [-0.2, 0) is 0 Å². The van der Waals surface area contributed by atoms with E-state index in [1.54, 1.807) is 7.11 Å². The van der Waals surface area contributed by atoms with E-state index in [9.17, 15) is 0 Å². The molecule has 0 atom stereocenters. The predicted octanol–water partition coefficient (Wildman–Crippen LogP) is 4.93. The fourth-order valence-electron chi connectivity index (χ4n) is 3.39. The number of fused-ring (bicyclic) bond motifs is 3. The van der Waals surface area contributed by atoms with Gasteiger partial charge in [-0.05, 0) is 31.2 Å². The lowest BCUT2D eigenvalue weighted by Gasteiger charge is -2.08. The van der Waals surface area contributed by atoms with E-state index in [4.69, 9.17) is 14.7 Å². The molecule has 0 saturated carbocycles. The monoisotopic (exact) mass is 366 g/mol. The molecule has 0 aliphatic rings. The van der Waals surface area contributed by atoms with Crippen LogP contribution in [0.5, 0.6) is 5.75 Å². The number of methoxy groups -OCH3 is 1. The summed E-state index contributed by atoms with van der Waals surface area (Å²) in [6.45, 7) is 2.08. The molecule has 0 radical (unpaired) electrons. The summed E-state index contributed by atoms with van der Waals surface area (Å²) in [5.74, 6) is 1.40. The van der Waals surface area contributed by atoms with Crippen LogP contribution in [0.3, 0.4) is 0 Å². The van der Waals surface area contributed by atoms with Crippen molar-refractivity contribution in [3.63, 3.8) is 0 Å². The van der Waals surface area contributed by atoms with Gasteiger partial charge in [0.1, 0.15) is 5.75 Å². The fourth-order valence-corrected chi connectivity index (χ4v) is 3.39. The Kier molecular flexibility index (Phi) is 3.79. The predicted molar refractivity (Wildman–Crippen MR) is 110 cm³/mol. The molecule has 0 aliphatic carbocycles. The summed E-state index contributed by atoms with van der Waals surface area (Å²) < 4.78 is 7.22. The molecule has 28 heavy (non-hydrogen) atoms. The van der Waals surface area contributed by atoms with Gasteiger partial charge in [-0.1, -0.05) is 48.0 Å². The Bertz CT molecular complexity index is 1310. The zero-order valence-electron chi connectivity index (χ0n) is 15.6. The summed E-state index contributed by atoms with van der Waals surface area (Å²) >= 11 is 0. The highest BCUT2D eigenvalue weighted by Crippen LogP contribution is 2.32. The summed E-state index contributed by atoms with van der Waals surface area (Å²) in [6, 6.07) is 22.2. The van der Waals surface area contributed by atoms with Gasteiger partial charge in [-0.15, -0.1) is 5.10 Å². The zero-order valence-corrected chi connectivity index (χ0v) is 15.6. The number of pyridine rings is 1. The van der Waals surface area contributed by atoms with Gasteiger partial charge >= 0.3 is 0 Å². The summed E-state index contributed by atoms with van der Waals surface area (Å²) in [5, 5.41) is 5.64. The normalized spacial score (nSPS) is 11.2. The third kappa shape index (κ3) is 2.68. The smallest absolute Gasteiger partial charge is 0.186 e. The summed E-state index contributed by atoms with van der Waals surface area (Å²) in [5.41, 5.74) is 5.69. The minimum Gasteiger partial charge on any atom is -0.497 e. The van der Waals surface area contributed by atoms with Gasteiger partial charge in [0, 0.05) is 17.3 Å². The van der Waals surface area contributed by atoms with Crippen LogP contribution in [0.2, 0.25) is 0 Å². The van der Waals surface area contributed by atoms with Crippen LogP contribution in [0.1, 0.15) is 5.56 Å². The van der Waals surface area contributed by atoms with Crippen molar-refractivity contribution in [3.05, 3.63) is 78.5 Å². The highest BCUT2D eigenvalue weighted by Gasteiger charge is 2.17. The molecular formula is C23H18N4O. The number of benzene rings is 2. The second-order valence-corrected chi connectivity index (χ2v) is 6.72. The Morgan fingerprint density at radius 1 is 0.857 bits per heavy atom. The lowest BCUT2D eigenvalue weighted by atomic mass is 10.1. The first-order chi connectivity index (χ1) is 13.7. The van der Waals surface area contributed by atoms with E-state index in [0.29, 0.717) is 11.5 Å². The van der Waals surface area contributed by atoms with Gasteiger partial charge in [-0.2, -0.15) is 0 Å². The van der Waals surface area contributed by atoms with Crippen molar-refractivity contribution in [3.8, 4) is 28.4 Å². The summed E-state index contributed by atoms with van der Waals surface area (Å²) in [6.07, 6.45) is 1.93. The maximum Gasteiger partial charge on any atom is 0.186 e. The van der Waals surface area contributed by atoms with Crippen molar-refractivity contribution in [1.82, 2.24) is 19.6 Å². The molecule has 3 heterocycles. The first-order valence-electron chi connectivity index (χ1n) is 9.09. The molecule has 3 aromatic heterocycles. The van der Waals surface area contributed by atoms with E-state index in [2.05, 4.69) is 36.3 Å². The van der Waals surface area contributed by atoms with E-state index < -0.39 is 0 Å². The van der Waals surface area contributed by atoms with Gasteiger partial charge in [-0.25, -0.2) is 14.5 Å². The third-order valence-electron chi connectivity index (χ3n) is 4.84. The van der Waals surface area contributed by atoms with E-state index in [1.165, 1.54) is 5.56 Å². The van der Waals surface area contributed by atoms with Gasteiger partial charge in [0.15, 0.2) is 11.5 Å². The van der Waals surface area contributed by atoms with Crippen LogP contribution >= 0.6 is 0 Å². The van der Waals surface area contributed by atoms with Gasteiger partial charge in [0.25, 0.3) is 0 Å². The highest BCUT2D eigenvalue weighted by molar-refractivity contribution is 6.02. The van der Waals surface area contributed by atoms with Crippen molar-refractivity contribution in [1.29, 1.82) is 0 Å². The second kappa shape index (κ2) is 6.46. The molecule has 0 amide bonds. The van der Waals surface area contributed by atoms with Crippen molar-refractivity contribution >= 4 is 16.6 Å². The van der Waals surface area contributed by atoms with Crippen molar-refractivity contribution in [2.45, 2.75) is 6.92 Å². The molecule has 0 spiro atoms. The minimum absolute atomic E-state index is 0.630. The summed E-state index contributed by atoms with van der Waals surface area (Å²) in [4.78, 5) is 9.71. The molecule has 0 unspecified atom stereocenters. The number of rotatable bonds is 3. The first kappa shape index (κ1) is 16.4. The van der Waals surface area contributed by atoms with Crippen molar-refractivity contribution in [2.75, 3.05) is 7.11 Å². The standard InChI is InChI=1S/C23H18N4O/c1-15-9-11-16(12-10-15)21-20-19-8-3-4-13-27(19)26-23(20)25-22(24-21)17-6-5-7-18(14-17)28-2/h3-14H,1-2H3. The van der Waals surface area contributed by atoms with Gasteiger partial charge in [-0.3, -0.25) is 0 Å². The fraction of sp³-hybridized carbons (Fsp3) is 0.0870. The Morgan fingerprint density at radius 3 is 2.54 bits per heavy atom. The molecule has 5 heteroatoms. The Labute approximate surface area is 162 Å². The number of hydrogen-bond donors (Lipinski definition) is 0. The molecule has 5 rings (SSSR count). The van der Waals surface area contributed by atoms with Crippen LogP contribution in [0.4, 0.5) is 0 Å². The Balaban J connectivity index is 1.84. The molecule has 2 aromatic carbocycles. The van der Waals surface area contributed by atoms with E-state index in [1.807, 2.05) is 53.2 Å². The van der Waals surface area contributed by atoms with Crippen LogP contribution in [0.15, 0.2) is 72.9 Å². The number of aromatic nitrogens is 4. The lowest BCUT2D eigenvalue weighted by molar-refractivity contribution is 0.415. The van der Waals surface area contributed by atoms with Crippen LogP contribution in [0.25, 0.3) is 39.2 Å². The molecule has 0 aliphatic heterocycles. The van der Waals surface area contributed by atoms with Gasteiger partial charge < -0.3 is 4.74 Å². The third-order valence-corrected chi connectivity index (χ3v) is 4.84. The van der Waals surface area contributed by atoms with Gasteiger partial charge in [0.05, 0.1) is 23.7 Å². The van der Waals surface area contributed by atoms with Crippen LogP contribution in [0, 0.1) is 6.92 Å². The van der Waals surface area contributed by atoms with Crippen molar-refractivity contribution < 1.29 is 4.74 Å². The number of ether oxygens (including phenoxy) is 1. The Morgan fingerprint density at radius 2 is 1.71 bits per heavy atom. The molecule has 0 bridgehead atoms. The minimum atomic E-state index is 0.630. The molecular weight excluding hydrogens is 348 g/mol. The summed E-state index contributed by atoms with van der Waals surface area (Å²) in [7, 11) is 1.66. The molecule has 0 N–H and O–H groups in total. The number of nitrogens with zero attached hydrogens (tertiary/aromatic N) is 4. The van der Waals surface area contributed by atoms with Gasteiger partial charge in [0.2, 0.25) is 0 Å². The molecule has 0 saturated heterocycles. The zero-order chi connectivity index (χ0) is 19.1. The number of aryl methyl sites for hydroxylation is 1. The maximum absolute atomic E-state index is 5.36. The molecule has 0 fully saturated rings. The van der Waals surface area contributed by atoms with E-state index >= 15 is 0 Å². The van der Waals surface area contributed by atoms with Crippen LogP contribution in [-0.4, -0.2) is 26.7 Å². The average Bonchev–Trinajstić information content (AvgIpc) is 3.12.